The number of esters is 1. The van der Waals surface area contributed by atoms with Crippen molar-refractivity contribution in [3.8, 4) is 0 Å². The van der Waals surface area contributed by atoms with E-state index in [0.717, 1.165) is 0 Å². The van der Waals surface area contributed by atoms with Gasteiger partial charge in [-0.3, -0.25) is 14.4 Å². The van der Waals surface area contributed by atoms with Gasteiger partial charge in [-0.05, 0) is 40.0 Å². The zero-order valence-electron chi connectivity index (χ0n) is 43.6. The Kier molecular flexibility index (Phi) is 26.2. The number of aliphatic hydroxyl groups is 13. The third-order valence-electron chi connectivity index (χ3n) is 14.2. The van der Waals surface area contributed by atoms with E-state index in [4.69, 9.17) is 28.5 Å². The topological polar surface area (TPSA) is 385 Å². The van der Waals surface area contributed by atoms with E-state index in [1.165, 1.54) is 26.0 Å². The van der Waals surface area contributed by atoms with Crippen LogP contribution in [0.1, 0.15) is 86.0 Å². The Hall–Kier alpha value is -3.64. The quantitative estimate of drug-likeness (QED) is 0.113. The number of hydroxylamine groups is 1. The summed E-state index contributed by atoms with van der Waals surface area (Å²) in [5, 5.41) is 151. The first kappa shape index (κ1) is 64.9. The summed E-state index contributed by atoms with van der Waals surface area (Å²) in [4.78, 5) is 30.9. The van der Waals surface area contributed by atoms with Crippen LogP contribution in [0.4, 0.5) is 0 Å². The third-order valence-corrected chi connectivity index (χ3v) is 14.2. The van der Waals surface area contributed by atoms with E-state index in [1.54, 1.807) is 86.8 Å². The first-order chi connectivity index (χ1) is 35.7. The molecule has 15 N–H and O–H groups in total. The molecule has 0 saturated carbocycles. The molecule has 432 valence electrons. The van der Waals surface area contributed by atoms with Crippen molar-refractivity contribution < 1.29 is 110 Å². The van der Waals surface area contributed by atoms with Gasteiger partial charge in [0.25, 0.3) is 0 Å². The number of hydrogen-bond acceptors (Lipinski definition) is 22. The lowest BCUT2D eigenvalue weighted by Gasteiger charge is -2.46. The Morgan fingerprint density at radius 3 is 1.84 bits per heavy atom. The van der Waals surface area contributed by atoms with Crippen molar-refractivity contribution in [3.63, 3.8) is 0 Å². The molecule has 0 unspecified atom stereocenters. The summed E-state index contributed by atoms with van der Waals surface area (Å²) in [5.74, 6) is -9.12. The number of carboxylic acids is 1. The minimum atomic E-state index is -2.41. The Balaban J connectivity index is 1.59. The molecule has 0 spiro atoms. The summed E-state index contributed by atoms with van der Waals surface area (Å²) in [7, 11) is 0. The number of carbonyl (C=O) groups is 2. The van der Waals surface area contributed by atoms with Crippen molar-refractivity contribution in [1.82, 2.24) is 5.48 Å². The fourth-order valence-electron chi connectivity index (χ4n) is 9.31. The summed E-state index contributed by atoms with van der Waals surface area (Å²) >= 11 is 0. The van der Waals surface area contributed by atoms with Gasteiger partial charge in [-0.25, -0.2) is 0 Å². The average Bonchev–Trinajstić information content (AvgIpc) is 3.33. The maximum atomic E-state index is 12.7. The number of fused-ring (bicyclic) bond motifs is 2. The van der Waals surface area contributed by atoms with Crippen molar-refractivity contribution in [2.75, 3.05) is 6.61 Å². The van der Waals surface area contributed by atoms with Gasteiger partial charge in [0.2, 0.25) is 5.79 Å². The fraction of sp³-hybridized carbons (Fsp3) is 0.698. The predicted molar refractivity (Wildman–Crippen MR) is 269 cm³/mol. The Labute approximate surface area is 442 Å². The van der Waals surface area contributed by atoms with Crippen LogP contribution < -0.4 is 5.48 Å². The van der Waals surface area contributed by atoms with Gasteiger partial charge in [0.05, 0.1) is 80.1 Å². The standard InChI is InChI=1S/C53H83NO22/c1-29-18-16-14-12-10-8-6-7-9-11-13-15-17-19-36(74-51-48(66)44(46(64)32(4)73-51)54-76-52(5)49(67)47(65)40(61)28-71-52)25-41-43(50(68)69)39(60)27-53(70,75-41)26-35(57)23-38(59)37(58)21-20-33(55)22-34(56)24-42(62)72-31(3)30(2)45(29)63/h6-19,29-41,43-49,51,54-61,63-67,70H,20-28H2,1-5H3,(H,68,69)/b7-6+,10-8+,11-9+,14-12+,15-13+,18-16+,19-17+/t29-,30-,31-,32+,33+,34+,35-,36-,37+,38+,39-,40-,41-,43+,44-,45+,46+,47+,48-,49-,51-,52+,53+/m0/s1. The van der Waals surface area contributed by atoms with Crippen LogP contribution in [0, 0.1) is 17.8 Å². The first-order valence-corrected chi connectivity index (χ1v) is 25.8. The van der Waals surface area contributed by atoms with E-state index in [2.05, 4.69) is 5.48 Å². The highest BCUT2D eigenvalue weighted by molar-refractivity contribution is 5.71. The molecule has 4 rings (SSSR count). The molecule has 4 aliphatic rings. The largest absolute Gasteiger partial charge is 0.481 e. The van der Waals surface area contributed by atoms with Crippen molar-refractivity contribution in [1.29, 1.82) is 0 Å². The zero-order valence-corrected chi connectivity index (χ0v) is 43.6. The molecule has 23 atom stereocenters. The molecule has 0 radical (unpaired) electrons. The molecule has 3 fully saturated rings. The minimum absolute atomic E-state index is 0.141. The normalized spacial score (nSPS) is 46.8. The number of carbonyl (C=O) groups excluding carboxylic acids is 1. The number of carboxylic acid groups (broad SMARTS) is 1. The van der Waals surface area contributed by atoms with Crippen LogP contribution in [0.2, 0.25) is 0 Å². The minimum Gasteiger partial charge on any atom is -0.481 e. The second kappa shape index (κ2) is 30.6. The van der Waals surface area contributed by atoms with Crippen molar-refractivity contribution >= 4 is 11.9 Å². The van der Waals surface area contributed by atoms with E-state index >= 15 is 0 Å². The van der Waals surface area contributed by atoms with E-state index in [9.17, 15) is 81.1 Å². The van der Waals surface area contributed by atoms with Crippen molar-refractivity contribution in [2.45, 2.75) is 208 Å². The van der Waals surface area contributed by atoms with Gasteiger partial charge < -0.3 is 95.2 Å². The molecule has 0 aromatic carbocycles. The maximum Gasteiger partial charge on any atom is 0.311 e. The molecular weight excluding hydrogens is 1000 g/mol. The van der Waals surface area contributed by atoms with Crippen LogP contribution in [0.3, 0.4) is 0 Å². The molecule has 0 aromatic rings. The van der Waals surface area contributed by atoms with Crippen LogP contribution in [0.25, 0.3) is 0 Å². The number of hydrogen-bond donors (Lipinski definition) is 15. The summed E-state index contributed by atoms with van der Waals surface area (Å²) in [6.45, 7) is 7.45. The average molecular weight is 1090 g/mol. The molecule has 23 heteroatoms. The van der Waals surface area contributed by atoms with Gasteiger partial charge in [0.1, 0.15) is 42.5 Å². The second-order valence-corrected chi connectivity index (χ2v) is 20.6. The fourth-order valence-corrected chi connectivity index (χ4v) is 9.31. The van der Waals surface area contributed by atoms with Gasteiger partial charge in [0, 0.05) is 37.5 Å². The van der Waals surface area contributed by atoms with Crippen LogP contribution >= 0.6 is 0 Å². The number of nitrogens with one attached hydrogen (secondary N) is 1. The Morgan fingerprint density at radius 1 is 0.645 bits per heavy atom. The molecule has 0 aromatic heterocycles. The van der Waals surface area contributed by atoms with Gasteiger partial charge in [0.15, 0.2) is 12.1 Å². The molecule has 4 aliphatic heterocycles. The number of allylic oxidation sites excluding steroid dienone is 12. The SMILES string of the molecule is C[C@@H]1[C@H](O)[C@@H](C)/C=C/C=C/C=C/C=C/C=C/C=C/C=C/[C@H](O[C@@H]2O[C@H](C)[C@@H](O)[C@H](NO[C@@]3(C)OC[C@H](O)[C@@H](O)[C@@H]3O)[C@@H]2O)C[C@@H]2O[C@](O)(C[C@@H](O)C[C@@H](O)[C@H](O)CC[C@@H](O)C[C@@H](O)CC(=O)O[C@H]1C)C[C@H](O)[C@H]2C(=O)O. The highest BCUT2D eigenvalue weighted by Gasteiger charge is 2.53. The number of cyclic esters (lactones) is 1. The lowest BCUT2D eigenvalue weighted by Crippen LogP contribution is -2.67. The van der Waals surface area contributed by atoms with E-state index in [-0.39, 0.29) is 25.2 Å². The van der Waals surface area contributed by atoms with E-state index < -0.39 is 184 Å². The number of aliphatic carboxylic acids is 1. The van der Waals surface area contributed by atoms with Crippen molar-refractivity contribution in [2.24, 2.45) is 17.8 Å². The lowest BCUT2D eigenvalue weighted by atomic mass is 9.82. The van der Waals surface area contributed by atoms with Crippen LogP contribution in [0.15, 0.2) is 85.1 Å². The lowest BCUT2D eigenvalue weighted by molar-refractivity contribution is -0.364. The summed E-state index contributed by atoms with van der Waals surface area (Å²) < 4.78 is 29.0. The van der Waals surface area contributed by atoms with Crippen LogP contribution in [0.5, 0.6) is 0 Å². The number of aliphatic hydroxyl groups excluding tert-OH is 12. The monoisotopic (exact) mass is 1090 g/mol. The summed E-state index contributed by atoms with van der Waals surface area (Å²) in [5.41, 5.74) is 2.46. The van der Waals surface area contributed by atoms with Crippen LogP contribution in [-0.4, -0.2) is 212 Å². The maximum absolute atomic E-state index is 12.7. The zero-order chi connectivity index (χ0) is 56.5. The second-order valence-electron chi connectivity index (χ2n) is 20.6. The van der Waals surface area contributed by atoms with E-state index in [0.29, 0.717) is 0 Å². The molecular formula is C53H83NO22. The first-order valence-electron chi connectivity index (χ1n) is 25.8. The smallest absolute Gasteiger partial charge is 0.311 e. The van der Waals surface area contributed by atoms with Gasteiger partial charge in [-0.15, -0.1) is 0 Å². The predicted octanol–water partition coefficient (Wildman–Crippen LogP) is -0.897. The Bertz CT molecular complexity index is 2000. The molecule has 3 saturated heterocycles. The van der Waals surface area contributed by atoms with Crippen molar-refractivity contribution in [3.05, 3.63) is 85.1 Å². The van der Waals surface area contributed by atoms with Crippen LogP contribution in [-0.2, 0) is 38.1 Å². The summed E-state index contributed by atoms with van der Waals surface area (Å²) in [6, 6.07) is -1.42. The molecule has 0 aliphatic carbocycles. The van der Waals surface area contributed by atoms with E-state index in [1.807, 2.05) is 6.92 Å². The van der Waals surface area contributed by atoms with Gasteiger partial charge in [-0.1, -0.05) is 98.9 Å². The highest BCUT2D eigenvalue weighted by atomic mass is 16.8. The Morgan fingerprint density at radius 2 is 1.24 bits per heavy atom. The molecule has 0 amide bonds. The number of rotatable bonds is 6. The third kappa shape index (κ3) is 19.6. The molecule has 4 heterocycles. The van der Waals surface area contributed by atoms with Gasteiger partial charge in [-0.2, -0.15) is 5.48 Å². The summed E-state index contributed by atoms with van der Waals surface area (Å²) in [6.07, 6.45) is -3.90. The molecule has 23 nitrogen and oxygen atoms in total. The molecule has 2 bridgehead atoms. The molecule has 76 heavy (non-hydrogen) atoms. The number of ether oxygens (including phenoxy) is 5. The van der Waals surface area contributed by atoms with Gasteiger partial charge >= 0.3 is 11.9 Å². The highest BCUT2D eigenvalue weighted by Crippen LogP contribution is 2.38.